The third-order valence-electron chi connectivity index (χ3n) is 7.27. The molecule has 4 aromatic rings. The zero-order valence-corrected chi connectivity index (χ0v) is 23.8. The van der Waals surface area contributed by atoms with Gasteiger partial charge in [0.1, 0.15) is 11.6 Å². The Morgan fingerprint density at radius 2 is 1.66 bits per heavy atom. The second-order valence-electron chi connectivity index (χ2n) is 10.3. The molecule has 3 heterocycles. The van der Waals surface area contributed by atoms with E-state index in [0.717, 1.165) is 11.3 Å². The van der Waals surface area contributed by atoms with Crippen molar-refractivity contribution in [2.75, 3.05) is 23.7 Å². The number of piperidine rings is 1. The Hall–Kier alpha value is -3.93. The molecular weight excluding hydrogens is 543 g/mol. The Morgan fingerprint density at radius 3 is 2.37 bits per heavy atom. The van der Waals surface area contributed by atoms with Crippen molar-refractivity contribution in [3.63, 3.8) is 0 Å². The topological polar surface area (TPSA) is 120 Å². The average Bonchev–Trinajstić information content (AvgIpc) is 2.96. The molecule has 0 bridgehead atoms. The van der Waals surface area contributed by atoms with Gasteiger partial charge in [-0.25, -0.2) is 17.8 Å². The van der Waals surface area contributed by atoms with Crippen LogP contribution in [0.4, 0.5) is 27.5 Å². The average molecular weight is 577 g/mol. The first-order chi connectivity index (χ1) is 19.7. The van der Waals surface area contributed by atoms with Crippen molar-refractivity contribution in [1.82, 2.24) is 19.3 Å². The van der Waals surface area contributed by atoms with E-state index in [2.05, 4.69) is 25.6 Å². The van der Waals surface area contributed by atoms with E-state index in [4.69, 9.17) is 0 Å². The predicted octanol–water partition coefficient (Wildman–Crippen LogP) is 5.12. The van der Waals surface area contributed by atoms with E-state index < -0.39 is 16.1 Å². The number of pyridine rings is 1. The van der Waals surface area contributed by atoms with Crippen LogP contribution in [0.25, 0.3) is 0 Å². The third kappa shape index (κ3) is 7.05. The lowest BCUT2D eigenvalue weighted by molar-refractivity contribution is 0.0757. The van der Waals surface area contributed by atoms with Crippen LogP contribution in [0.2, 0.25) is 0 Å². The van der Waals surface area contributed by atoms with Gasteiger partial charge < -0.3 is 15.7 Å². The van der Waals surface area contributed by atoms with Crippen molar-refractivity contribution in [3.05, 3.63) is 95.7 Å². The highest BCUT2D eigenvalue weighted by atomic mass is 32.2. The first-order valence-electron chi connectivity index (χ1n) is 13.5. The van der Waals surface area contributed by atoms with Crippen LogP contribution in [0, 0.1) is 25.6 Å². The normalized spacial score (nSPS) is 15.4. The zero-order chi connectivity index (χ0) is 29.0. The number of hydrogen-bond acceptors (Lipinski definition) is 8. The monoisotopic (exact) mass is 576 g/mol. The van der Waals surface area contributed by atoms with Crippen molar-refractivity contribution in [3.8, 4) is 0 Å². The summed E-state index contributed by atoms with van der Waals surface area (Å²) in [4.78, 5) is 13.2. The lowest BCUT2D eigenvalue weighted by Crippen LogP contribution is -2.41. The lowest BCUT2D eigenvalue weighted by Gasteiger charge is -2.33. The van der Waals surface area contributed by atoms with Crippen molar-refractivity contribution in [1.29, 1.82) is 0 Å². The molecule has 3 N–H and O–H groups in total. The Labute approximate surface area is 239 Å². The van der Waals surface area contributed by atoms with E-state index in [0.29, 0.717) is 61.1 Å². The minimum absolute atomic E-state index is 0.0210. The minimum Gasteiger partial charge on any atom is -0.392 e. The maximum Gasteiger partial charge on any atom is 0.243 e. The molecule has 2 aromatic heterocycles. The highest BCUT2D eigenvalue weighted by Crippen LogP contribution is 2.28. The maximum atomic E-state index is 13.6. The molecule has 0 amide bonds. The number of rotatable bonds is 9. The minimum atomic E-state index is -3.67. The molecule has 41 heavy (non-hydrogen) atoms. The Bertz CT molecular complexity index is 1610. The molecule has 5 rings (SSSR count). The van der Waals surface area contributed by atoms with Gasteiger partial charge in [0.15, 0.2) is 0 Å². The molecule has 11 heteroatoms. The van der Waals surface area contributed by atoms with E-state index in [1.165, 1.54) is 10.4 Å². The Morgan fingerprint density at radius 1 is 0.951 bits per heavy atom. The fourth-order valence-electron chi connectivity index (χ4n) is 4.94. The van der Waals surface area contributed by atoms with Gasteiger partial charge in [-0.2, -0.15) is 9.29 Å². The van der Waals surface area contributed by atoms with Crippen molar-refractivity contribution in [2.45, 2.75) is 44.1 Å². The largest absolute Gasteiger partial charge is 0.392 e. The number of benzene rings is 2. The summed E-state index contributed by atoms with van der Waals surface area (Å²) in [6.45, 7) is 4.39. The Kier molecular flexibility index (Phi) is 8.57. The van der Waals surface area contributed by atoms with Crippen molar-refractivity contribution >= 4 is 33.2 Å². The summed E-state index contributed by atoms with van der Waals surface area (Å²) in [5.41, 5.74) is 3.79. The summed E-state index contributed by atoms with van der Waals surface area (Å²) in [6.07, 6.45) is 4.41. The number of nitrogens with one attached hydrogen (secondary N) is 2. The molecule has 2 aromatic carbocycles. The van der Waals surface area contributed by atoms with Crippen LogP contribution in [0.1, 0.15) is 29.7 Å². The highest BCUT2D eigenvalue weighted by molar-refractivity contribution is 7.89. The summed E-state index contributed by atoms with van der Waals surface area (Å²) in [5, 5.41) is 17.0. The number of aromatic nitrogens is 3. The van der Waals surface area contributed by atoms with Crippen molar-refractivity contribution in [2.24, 2.45) is 5.92 Å². The molecule has 214 valence electrons. The van der Waals surface area contributed by atoms with E-state index in [9.17, 15) is 17.9 Å². The molecule has 1 aliphatic rings. The van der Waals surface area contributed by atoms with Crippen LogP contribution in [0.3, 0.4) is 0 Å². The SMILES string of the molecule is Cc1ccnc(CC(O)C2CCN(S(=O)(=O)c3ccc(Nc4nccc(Nc5ccc(F)c(C)c5)n4)cc3)CC2)c1. The number of aliphatic hydroxyl groups is 1. The number of aliphatic hydroxyl groups excluding tert-OH is 1. The van der Waals surface area contributed by atoms with Gasteiger partial charge in [-0.3, -0.25) is 4.98 Å². The van der Waals surface area contributed by atoms with Gasteiger partial charge in [-0.15, -0.1) is 0 Å². The van der Waals surface area contributed by atoms with Gasteiger partial charge in [0, 0.05) is 49.0 Å². The maximum absolute atomic E-state index is 13.6. The first kappa shape index (κ1) is 28.6. The number of nitrogens with zero attached hydrogens (tertiary/aromatic N) is 4. The van der Waals surface area contributed by atoms with Crippen LogP contribution in [-0.4, -0.2) is 52.0 Å². The lowest BCUT2D eigenvalue weighted by atomic mass is 9.89. The summed E-state index contributed by atoms with van der Waals surface area (Å²) >= 11 is 0. The molecule has 1 unspecified atom stereocenters. The van der Waals surface area contributed by atoms with Gasteiger partial charge >= 0.3 is 0 Å². The molecule has 1 saturated heterocycles. The standard InChI is InChI=1S/C30H33FN6O3S/c1-20-9-13-32-25(17-20)19-28(38)22-11-15-37(16-12-22)41(39,40)26-6-3-23(4-7-26)35-30-33-14-10-29(36-30)34-24-5-8-27(31)21(2)18-24/h3-10,13-14,17-18,22,28,38H,11-12,15-16,19H2,1-2H3,(H2,33,34,35,36). The summed E-state index contributed by atoms with van der Waals surface area (Å²) in [7, 11) is -3.67. The highest BCUT2D eigenvalue weighted by Gasteiger charge is 2.32. The van der Waals surface area contributed by atoms with E-state index in [1.807, 2.05) is 19.1 Å². The van der Waals surface area contributed by atoms with E-state index in [-0.39, 0.29) is 16.6 Å². The smallest absolute Gasteiger partial charge is 0.243 e. The number of anilines is 4. The molecule has 0 radical (unpaired) electrons. The van der Waals surface area contributed by atoms with Gasteiger partial charge in [-0.1, -0.05) is 0 Å². The first-order valence-corrected chi connectivity index (χ1v) is 14.9. The van der Waals surface area contributed by atoms with Crippen LogP contribution >= 0.6 is 0 Å². The summed E-state index contributed by atoms with van der Waals surface area (Å²) in [6, 6.07) is 16.8. The summed E-state index contributed by atoms with van der Waals surface area (Å²) < 4.78 is 41.6. The van der Waals surface area contributed by atoms with Gasteiger partial charge in [0.05, 0.1) is 11.0 Å². The molecule has 1 aliphatic heterocycles. The third-order valence-corrected chi connectivity index (χ3v) is 9.18. The fourth-order valence-corrected chi connectivity index (χ4v) is 6.41. The molecule has 1 atom stereocenters. The zero-order valence-electron chi connectivity index (χ0n) is 23.0. The van der Waals surface area contributed by atoms with Crippen LogP contribution in [0.5, 0.6) is 0 Å². The fraction of sp³-hybridized carbons (Fsp3) is 0.300. The van der Waals surface area contributed by atoms with Gasteiger partial charge in [-0.05, 0) is 104 Å². The summed E-state index contributed by atoms with van der Waals surface area (Å²) in [5.74, 6) is 0.593. The molecule has 0 spiro atoms. The molecule has 9 nitrogen and oxygen atoms in total. The van der Waals surface area contributed by atoms with Gasteiger partial charge in [0.25, 0.3) is 0 Å². The van der Waals surface area contributed by atoms with Crippen LogP contribution < -0.4 is 10.6 Å². The van der Waals surface area contributed by atoms with E-state index in [1.54, 1.807) is 61.8 Å². The number of hydrogen-bond donors (Lipinski definition) is 3. The number of halogens is 1. The Balaban J connectivity index is 1.17. The number of aryl methyl sites for hydroxylation is 2. The van der Waals surface area contributed by atoms with Crippen LogP contribution in [-0.2, 0) is 16.4 Å². The van der Waals surface area contributed by atoms with Gasteiger partial charge in [0.2, 0.25) is 16.0 Å². The van der Waals surface area contributed by atoms with Crippen LogP contribution in [0.15, 0.2) is 78.0 Å². The molecule has 0 aliphatic carbocycles. The molecule has 0 saturated carbocycles. The quantitative estimate of drug-likeness (QED) is 0.251. The second-order valence-corrected chi connectivity index (χ2v) is 12.3. The molecular formula is C30H33FN6O3S. The second kappa shape index (κ2) is 12.3. The van der Waals surface area contributed by atoms with E-state index >= 15 is 0 Å². The number of sulfonamides is 1. The molecule has 1 fully saturated rings. The van der Waals surface area contributed by atoms with Crippen molar-refractivity contribution < 1.29 is 17.9 Å². The predicted molar refractivity (Wildman–Crippen MR) is 156 cm³/mol.